The van der Waals surface area contributed by atoms with Gasteiger partial charge in [-0.2, -0.15) is 0 Å². The van der Waals surface area contributed by atoms with Crippen molar-refractivity contribution < 1.29 is 0 Å². The zero-order chi connectivity index (χ0) is 12.6. The van der Waals surface area contributed by atoms with Crippen molar-refractivity contribution in [1.29, 1.82) is 0 Å². The van der Waals surface area contributed by atoms with Crippen LogP contribution in [0.1, 0.15) is 90.9 Å². The summed E-state index contributed by atoms with van der Waals surface area (Å²) in [4.78, 5) is 0. The summed E-state index contributed by atoms with van der Waals surface area (Å²) in [6.07, 6.45) is 17.8. The molecule has 0 atom stereocenters. The molecule has 0 aliphatic rings. The lowest BCUT2D eigenvalue weighted by Crippen LogP contribution is -1.90. The fourth-order valence-electron chi connectivity index (χ4n) is 2.44. The SMILES string of the molecule is CCCCCCCC[SiH2]CCCCCCCC. The summed E-state index contributed by atoms with van der Waals surface area (Å²) in [7, 11) is 0.332. The Morgan fingerprint density at radius 1 is 0.471 bits per heavy atom. The van der Waals surface area contributed by atoms with Gasteiger partial charge < -0.3 is 0 Å². The molecule has 0 aliphatic carbocycles. The van der Waals surface area contributed by atoms with Crippen LogP contribution >= 0.6 is 0 Å². The smallest absolute Gasteiger partial charge is 0.0197 e. The van der Waals surface area contributed by atoms with Crippen LogP contribution in [0.25, 0.3) is 0 Å². The van der Waals surface area contributed by atoms with Crippen LogP contribution in [0.5, 0.6) is 0 Å². The Balaban J connectivity index is 2.85. The van der Waals surface area contributed by atoms with Gasteiger partial charge in [0.1, 0.15) is 0 Å². The highest BCUT2D eigenvalue weighted by atomic mass is 28.2. The molecule has 0 nitrogen and oxygen atoms in total. The van der Waals surface area contributed by atoms with E-state index in [1.165, 1.54) is 64.2 Å². The van der Waals surface area contributed by atoms with Crippen LogP contribution in [0.2, 0.25) is 12.1 Å². The topological polar surface area (TPSA) is 0 Å². The molecule has 0 fully saturated rings. The van der Waals surface area contributed by atoms with E-state index in [1.807, 2.05) is 0 Å². The van der Waals surface area contributed by atoms with Gasteiger partial charge in [0, 0.05) is 9.52 Å². The van der Waals surface area contributed by atoms with Crippen LogP contribution < -0.4 is 0 Å². The molecule has 0 aromatic heterocycles. The van der Waals surface area contributed by atoms with Gasteiger partial charge in [0.2, 0.25) is 0 Å². The van der Waals surface area contributed by atoms with Gasteiger partial charge in [-0.1, -0.05) is 103 Å². The average Bonchev–Trinajstić information content (AvgIpc) is 2.35. The van der Waals surface area contributed by atoms with Gasteiger partial charge >= 0.3 is 0 Å². The standard InChI is InChI=1S/C16H36Si/c1-3-5-7-9-11-13-15-17-16-14-12-10-8-6-4-2/h3-17H2,1-2H3. The third kappa shape index (κ3) is 16.2. The van der Waals surface area contributed by atoms with Crippen LogP contribution in [0.4, 0.5) is 0 Å². The number of hydrogen-bond donors (Lipinski definition) is 0. The van der Waals surface area contributed by atoms with Gasteiger partial charge in [-0.05, 0) is 0 Å². The number of unbranched alkanes of at least 4 members (excludes halogenated alkanes) is 10. The third-order valence-electron chi connectivity index (χ3n) is 3.71. The molecule has 1 heteroatoms. The lowest BCUT2D eigenvalue weighted by molar-refractivity contribution is 0.618. The molecule has 17 heavy (non-hydrogen) atoms. The molecule has 104 valence electrons. The minimum absolute atomic E-state index is 0.332. The van der Waals surface area contributed by atoms with E-state index in [2.05, 4.69) is 13.8 Å². The van der Waals surface area contributed by atoms with Crippen molar-refractivity contribution in [3.05, 3.63) is 0 Å². The van der Waals surface area contributed by atoms with Crippen LogP contribution in [-0.2, 0) is 0 Å². The van der Waals surface area contributed by atoms with Gasteiger partial charge in [0.25, 0.3) is 0 Å². The molecule has 0 N–H and O–H groups in total. The number of rotatable bonds is 14. The number of hydrogen-bond acceptors (Lipinski definition) is 0. The zero-order valence-electron chi connectivity index (χ0n) is 12.6. The van der Waals surface area contributed by atoms with Crippen molar-refractivity contribution in [3.8, 4) is 0 Å². The van der Waals surface area contributed by atoms with Gasteiger partial charge in [-0.15, -0.1) is 0 Å². The lowest BCUT2D eigenvalue weighted by atomic mass is 10.1. The second-order valence-electron chi connectivity index (χ2n) is 5.60. The summed E-state index contributed by atoms with van der Waals surface area (Å²) >= 11 is 0. The van der Waals surface area contributed by atoms with Crippen molar-refractivity contribution in [3.63, 3.8) is 0 Å². The normalized spacial score (nSPS) is 10.9. The van der Waals surface area contributed by atoms with Crippen LogP contribution in [-0.4, -0.2) is 9.52 Å². The molecule has 0 bridgehead atoms. The Bertz CT molecular complexity index is 109. The zero-order valence-corrected chi connectivity index (χ0v) is 14.0. The highest BCUT2D eigenvalue weighted by Gasteiger charge is 1.93. The van der Waals surface area contributed by atoms with E-state index in [1.54, 1.807) is 24.9 Å². The Hall–Kier alpha value is 0.217. The fourth-order valence-corrected chi connectivity index (χ4v) is 4.21. The largest absolute Gasteiger partial charge is 0.0654 e. The van der Waals surface area contributed by atoms with Crippen molar-refractivity contribution in [2.45, 2.75) is 103 Å². The van der Waals surface area contributed by atoms with Gasteiger partial charge in [0.15, 0.2) is 0 Å². The first-order chi connectivity index (χ1) is 8.41. The lowest BCUT2D eigenvalue weighted by Gasteiger charge is -2.02. The maximum Gasteiger partial charge on any atom is 0.0197 e. The Kier molecular flexibility index (Phi) is 16.4. The molecule has 0 radical (unpaired) electrons. The van der Waals surface area contributed by atoms with Crippen LogP contribution in [0.3, 0.4) is 0 Å². The van der Waals surface area contributed by atoms with Crippen molar-refractivity contribution in [2.24, 2.45) is 0 Å². The van der Waals surface area contributed by atoms with Gasteiger partial charge in [0.05, 0.1) is 0 Å². The molecule has 0 rings (SSSR count). The van der Waals surface area contributed by atoms with Gasteiger partial charge in [-0.25, -0.2) is 0 Å². The first kappa shape index (κ1) is 17.2. The van der Waals surface area contributed by atoms with Crippen molar-refractivity contribution >= 4 is 9.52 Å². The molecule has 0 aromatic rings. The summed E-state index contributed by atoms with van der Waals surface area (Å²) in [6, 6.07) is 3.25. The second-order valence-corrected chi connectivity index (χ2v) is 7.72. The van der Waals surface area contributed by atoms with E-state index in [4.69, 9.17) is 0 Å². The summed E-state index contributed by atoms with van der Waals surface area (Å²) in [5.41, 5.74) is 0. The van der Waals surface area contributed by atoms with Crippen LogP contribution in [0.15, 0.2) is 0 Å². The predicted molar refractivity (Wildman–Crippen MR) is 84.9 cm³/mol. The van der Waals surface area contributed by atoms with E-state index in [-0.39, 0.29) is 0 Å². The third-order valence-corrected chi connectivity index (χ3v) is 5.71. The van der Waals surface area contributed by atoms with E-state index in [0.29, 0.717) is 9.52 Å². The maximum atomic E-state index is 2.30. The molecule has 0 heterocycles. The van der Waals surface area contributed by atoms with Crippen LogP contribution in [0, 0.1) is 0 Å². The highest BCUT2D eigenvalue weighted by Crippen LogP contribution is 2.10. The van der Waals surface area contributed by atoms with E-state index < -0.39 is 0 Å². The monoisotopic (exact) mass is 256 g/mol. The molecule has 0 spiro atoms. The fraction of sp³-hybridized carbons (Fsp3) is 1.00. The second kappa shape index (κ2) is 16.2. The van der Waals surface area contributed by atoms with E-state index in [9.17, 15) is 0 Å². The molecular formula is C16H36Si. The molecule has 0 unspecified atom stereocenters. The van der Waals surface area contributed by atoms with Crippen molar-refractivity contribution in [1.82, 2.24) is 0 Å². The Labute approximate surface area is 113 Å². The Morgan fingerprint density at radius 3 is 1.24 bits per heavy atom. The molecular weight excluding hydrogens is 220 g/mol. The van der Waals surface area contributed by atoms with Crippen molar-refractivity contribution in [2.75, 3.05) is 0 Å². The quantitative estimate of drug-likeness (QED) is 0.276. The summed E-state index contributed by atoms with van der Waals surface area (Å²) < 4.78 is 0. The molecule has 0 aliphatic heterocycles. The molecule has 0 aromatic carbocycles. The maximum absolute atomic E-state index is 2.30. The minimum atomic E-state index is 0.332. The summed E-state index contributed by atoms with van der Waals surface area (Å²) in [5, 5.41) is 0. The predicted octanol–water partition coefficient (Wildman–Crippen LogP) is 5.71. The average molecular weight is 257 g/mol. The van der Waals surface area contributed by atoms with Gasteiger partial charge in [-0.3, -0.25) is 0 Å². The van der Waals surface area contributed by atoms with E-state index in [0.717, 1.165) is 0 Å². The van der Waals surface area contributed by atoms with E-state index >= 15 is 0 Å². The first-order valence-electron chi connectivity index (χ1n) is 8.41. The minimum Gasteiger partial charge on any atom is -0.0654 e. The molecule has 0 saturated heterocycles. The summed E-state index contributed by atoms with van der Waals surface area (Å²) in [5.74, 6) is 0. The highest BCUT2D eigenvalue weighted by molar-refractivity contribution is 6.35. The Morgan fingerprint density at radius 2 is 0.824 bits per heavy atom. The molecule has 0 saturated carbocycles. The summed E-state index contributed by atoms with van der Waals surface area (Å²) in [6.45, 7) is 4.60. The molecule has 0 amide bonds. The first-order valence-corrected chi connectivity index (χ1v) is 10.4.